The molecule has 2 aliphatic rings. The number of aromatic nitrogens is 3. The van der Waals surface area contributed by atoms with Crippen LogP contribution >= 0.6 is 0 Å². The van der Waals surface area contributed by atoms with Gasteiger partial charge < -0.3 is 10.2 Å². The lowest BCUT2D eigenvalue weighted by Gasteiger charge is -2.25. The van der Waals surface area contributed by atoms with Gasteiger partial charge in [-0.2, -0.15) is 5.10 Å². The first kappa shape index (κ1) is 17.2. The quantitative estimate of drug-likeness (QED) is 0.666. The second-order valence-electron chi connectivity index (χ2n) is 6.76. The van der Waals surface area contributed by atoms with E-state index in [0.717, 1.165) is 24.1 Å². The second kappa shape index (κ2) is 7.57. The van der Waals surface area contributed by atoms with Gasteiger partial charge in [-0.3, -0.25) is 14.3 Å². The Morgan fingerprint density at radius 3 is 3.00 bits per heavy atom. The third-order valence-electron chi connectivity index (χ3n) is 4.82. The van der Waals surface area contributed by atoms with Crippen molar-refractivity contribution in [1.29, 1.82) is 0 Å². The summed E-state index contributed by atoms with van der Waals surface area (Å²) in [5.74, 6) is 0.620. The Balaban J connectivity index is 1.35. The van der Waals surface area contributed by atoms with Crippen molar-refractivity contribution in [3.8, 4) is 0 Å². The van der Waals surface area contributed by atoms with Crippen LogP contribution in [0.2, 0.25) is 0 Å². The predicted molar refractivity (Wildman–Crippen MR) is 102 cm³/mol. The van der Waals surface area contributed by atoms with Crippen molar-refractivity contribution in [2.75, 3.05) is 18.4 Å². The first-order valence-corrected chi connectivity index (χ1v) is 9.08. The number of amides is 2. The second-order valence-corrected chi connectivity index (χ2v) is 6.76. The molecule has 27 heavy (non-hydrogen) atoms. The smallest absolute Gasteiger partial charge is 0.246 e. The number of aryl methyl sites for hydroxylation is 1. The van der Waals surface area contributed by atoms with Gasteiger partial charge in [-0.15, -0.1) is 0 Å². The summed E-state index contributed by atoms with van der Waals surface area (Å²) in [5, 5.41) is 6.98. The number of hydrogen-bond acceptors (Lipinski definition) is 4. The maximum absolute atomic E-state index is 12.4. The molecular weight excluding hydrogens is 342 g/mol. The van der Waals surface area contributed by atoms with Gasteiger partial charge in [0.15, 0.2) is 0 Å². The normalized spacial score (nSPS) is 16.8. The predicted octanol–water partition coefficient (Wildman–Crippen LogP) is 2.03. The molecule has 138 valence electrons. The molecule has 4 heterocycles. The number of nitrogens with zero attached hydrogens (tertiary/aromatic N) is 4. The van der Waals surface area contributed by atoms with Gasteiger partial charge in [-0.1, -0.05) is 6.08 Å². The molecule has 0 saturated carbocycles. The highest BCUT2D eigenvalue weighted by Gasteiger charge is 2.17. The monoisotopic (exact) mass is 363 g/mol. The lowest BCUT2D eigenvalue weighted by molar-refractivity contribution is -0.125. The Bertz CT molecular complexity index is 914. The molecule has 7 nitrogen and oxygen atoms in total. The van der Waals surface area contributed by atoms with Crippen LogP contribution < -0.4 is 5.32 Å². The zero-order valence-corrected chi connectivity index (χ0v) is 15.0. The molecule has 2 aliphatic heterocycles. The number of carbonyl (C=O) groups is 2. The topological polar surface area (TPSA) is 80.1 Å². The van der Waals surface area contributed by atoms with Gasteiger partial charge in [0.1, 0.15) is 5.82 Å². The van der Waals surface area contributed by atoms with Gasteiger partial charge in [0.25, 0.3) is 0 Å². The van der Waals surface area contributed by atoms with E-state index in [9.17, 15) is 9.59 Å². The van der Waals surface area contributed by atoms with Crippen molar-refractivity contribution in [3.05, 3.63) is 59.6 Å². The summed E-state index contributed by atoms with van der Waals surface area (Å²) < 4.78 is 1.90. The SMILES string of the molecule is O=C1CCc2cc(/C=C/C(=O)N3CC=C(Cn4cccn4)CC3)cnc2N1. The van der Waals surface area contributed by atoms with E-state index in [1.54, 1.807) is 24.5 Å². The number of rotatable bonds is 4. The largest absolute Gasteiger partial charge is 0.335 e. The molecule has 0 bridgehead atoms. The maximum atomic E-state index is 12.4. The number of fused-ring (bicyclic) bond motifs is 1. The Morgan fingerprint density at radius 1 is 1.30 bits per heavy atom. The molecule has 1 N–H and O–H groups in total. The third-order valence-corrected chi connectivity index (χ3v) is 4.82. The molecule has 0 saturated heterocycles. The molecule has 0 spiro atoms. The Kier molecular flexibility index (Phi) is 4.82. The van der Waals surface area contributed by atoms with Crippen LogP contribution in [0.3, 0.4) is 0 Å². The zero-order valence-electron chi connectivity index (χ0n) is 15.0. The van der Waals surface area contributed by atoms with Crippen LogP contribution in [0.15, 0.2) is 48.4 Å². The summed E-state index contributed by atoms with van der Waals surface area (Å²) in [4.78, 5) is 29.9. The maximum Gasteiger partial charge on any atom is 0.246 e. The standard InChI is InChI=1S/C20H21N5O2/c26-18-4-3-17-12-16(13-21-20(17)23-18)2-5-19(27)24-10-6-15(7-11-24)14-25-9-1-8-22-25/h1-2,5-6,8-9,12-13H,3-4,7,10-11,14H2,(H,21,23,26)/b5-2+. The van der Waals surface area contributed by atoms with Crippen LogP contribution in [-0.4, -0.2) is 44.6 Å². The summed E-state index contributed by atoms with van der Waals surface area (Å²) >= 11 is 0. The van der Waals surface area contributed by atoms with Gasteiger partial charge in [-0.05, 0) is 47.8 Å². The fraction of sp³-hybridized carbons (Fsp3) is 0.300. The van der Waals surface area contributed by atoms with Crippen molar-refractivity contribution in [2.45, 2.75) is 25.8 Å². The average molecular weight is 363 g/mol. The molecule has 0 atom stereocenters. The minimum absolute atomic E-state index is 0.00134. The van der Waals surface area contributed by atoms with Gasteiger partial charge in [0, 0.05) is 44.2 Å². The Morgan fingerprint density at radius 2 is 2.22 bits per heavy atom. The summed E-state index contributed by atoms with van der Waals surface area (Å²) in [6, 6.07) is 3.89. The van der Waals surface area contributed by atoms with Crippen LogP contribution in [0.4, 0.5) is 5.82 Å². The average Bonchev–Trinajstić information content (AvgIpc) is 3.19. The minimum atomic E-state index is -0.00425. The van der Waals surface area contributed by atoms with Gasteiger partial charge in [0.05, 0.1) is 6.54 Å². The molecule has 0 radical (unpaired) electrons. The minimum Gasteiger partial charge on any atom is -0.335 e. The lowest BCUT2D eigenvalue weighted by Crippen LogP contribution is -2.34. The molecule has 7 heteroatoms. The van der Waals surface area contributed by atoms with Crippen LogP contribution in [0.25, 0.3) is 6.08 Å². The van der Waals surface area contributed by atoms with Crippen molar-refractivity contribution in [2.24, 2.45) is 0 Å². The first-order valence-electron chi connectivity index (χ1n) is 9.08. The highest BCUT2D eigenvalue weighted by atomic mass is 16.2. The summed E-state index contributed by atoms with van der Waals surface area (Å²) in [6.07, 6.45) is 12.9. The van der Waals surface area contributed by atoms with Crippen molar-refractivity contribution < 1.29 is 9.59 Å². The van der Waals surface area contributed by atoms with Gasteiger partial charge in [-0.25, -0.2) is 4.98 Å². The highest BCUT2D eigenvalue weighted by Crippen LogP contribution is 2.21. The van der Waals surface area contributed by atoms with Crippen LogP contribution in [-0.2, 0) is 22.6 Å². The van der Waals surface area contributed by atoms with E-state index < -0.39 is 0 Å². The number of anilines is 1. The number of carbonyl (C=O) groups excluding carboxylic acids is 2. The molecule has 2 aromatic rings. The third kappa shape index (κ3) is 4.13. The van der Waals surface area contributed by atoms with E-state index in [-0.39, 0.29) is 11.8 Å². The fourth-order valence-corrected chi connectivity index (χ4v) is 3.30. The number of nitrogens with one attached hydrogen (secondary N) is 1. The van der Waals surface area contributed by atoms with E-state index in [4.69, 9.17) is 0 Å². The van der Waals surface area contributed by atoms with E-state index in [1.807, 2.05) is 27.9 Å². The number of hydrogen-bond donors (Lipinski definition) is 1. The van der Waals surface area contributed by atoms with Crippen molar-refractivity contribution in [3.63, 3.8) is 0 Å². The van der Waals surface area contributed by atoms with Crippen LogP contribution in [0.1, 0.15) is 24.0 Å². The van der Waals surface area contributed by atoms with E-state index in [0.29, 0.717) is 31.7 Å². The van der Waals surface area contributed by atoms with Gasteiger partial charge >= 0.3 is 0 Å². The van der Waals surface area contributed by atoms with Crippen molar-refractivity contribution >= 4 is 23.7 Å². The summed E-state index contributed by atoms with van der Waals surface area (Å²) in [5.41, 5.74) is 3.17. The lowest BCUT2D eigenvalue weighted by atomic mass is 10.0. The molecule has 0 fully saturated rings. The van der Waals surface area contributed by atoms with E-state index >= 15 is 0 Å². The van der Waals surface area contributed by atoms with E-state index in [1.165, 1.54) is 5.57 Å². The summed E-state index contributed by atoms with van der Waals surface area (Å²) in [7, 11) is 0. The van der Waals surface area contributed by atoms with Crippen LogP contribution in [0.5, 0.6) is 0 Å². The van der Waals surface area contributed by atoms with Crippen LogP contribution in [0, 0.1) is 0 Å². The summed E-state index contributed by atoms with van der Waals surface area (Å²) in [6.45, 7) is 2.11. The first-order chi connectivity index (χ1) is 13.2. The molecule has 0 aliphatic carbocycles. The number of pyridine rings is 1. The molecule has 2 amide bonds. The molecule has 0 aromatic carbocycles. The molecule has 2 aromatic heterocycles. The highest BCUT2D eigenvalue weighted by molar-refractivity contribution is 5.94. The Hall–Kier alpha value is -3.22. The van der Waals surface area contributed by atoms with Gasteiger partial charge in [0.2, 0.25) is 11.8 Å². The fourth-order valence-electron chi connectivity index (χ4n) is 3.30. The zero-order chi connectivity index (χ0) is 18.6. The molecular formula is C20H21N5O2. The van der Waals surface area contributed by atoms with E-state index in [2.05, 4.69) is 21.5 Å². The molecule has 4 rings (SSSR count). The molecule has 0 unspecified atom stereocenters. The Labute approximate surface area is 157 Å². The van der Waals surface area contributed by atoms with Crippen molar-refractivity contribution in [1.82, 2.24) is 19.7 Å².